The first-order chi connectivity index (χ1) is 6.59. The van der Waals surface area contributed by atoms with Crippen LogP contribution in [0.1, 0.15) is 30.9 Å². The van der Waals surface area contributed by atoms with Crippen LogP contribution in [0.5, 0.6) is 0 Å². The predicted molar refractivity (Wildman–Crippen MR) is 57.2 cm³/mol. The van der Waals surface area contributed by atoms with Crippen molar-refractivity contribution in [1.82, 2.24) is 5.16 Å². The van der Waals surface area contributed by atoms with Crippen molar-refractivity contribution in [1.29, 1.82) is 0 Å². The number of rotatable bonds is 1. The molecule has 0 aliphatic carbocycles. The molecule has 74 valence electrons. The van der Waals surface area contributed by atoms with Gasteiger partial charge in [0.15, 0.2) is 11.4 Å². The first-order valence-electron chi connectivity index (χ1n) is 4.75. The minimum atomic E-state index is 0.421. The molecule has 0 bridgehead atoms. The van der Waals surface area contributed by atoms with Gasteiger partial charge < -0.3 is 10.3 Å². The second-order valence-corrected chi connectivity index (χ2v) is 3.95. The fraction of sp³-hybridized carbons (Fsp3) is 0.364. The summed E-state index contributed by atoms with van der Waals surface area (Å²) in [6, 6.07) is 4.13. The standard InChI is InChI=1S/C11H14N2O/c1-6(2)8-4-7(3)5-9-10(8)14-13-11(9)12/h4-6H,1-3H3,(H2,12,13). The monoisotopic (exact) mass is 190 g/mol. The van der Waals surface area contributed by atoms with Crippen molar-refractivity contribution in [2.75, 3.05) is 5.73 Å². The van der Waals surface area contributed by atoms with Crippen LogP contribution in [-0.4, -0.2) is 5.16 Å². The molecule has 0 atom stereocenters. The highest BCUT2D eigenvalue weighted by Crippen LogP contribution is 2.29. The third kappa shape index (κ3) is 1.25. The van der Waals surface area contributed by atoms with E-state index < -0.39 is 0 Å². The maximum atomic E-state index is 5.71. The van der Waals surface area contributed by atoms with Crippen LogP contribution in [-0.2, 0) is 0 Å². The number of hydrogen-bond acceptors (Lipinski definition) is 3. The van der Waals surface area contributed by atoms with Crippen molar-refractivity contribution >= 4 is 16.8 Å². The quantitative estimate of drug-likeness (QED) is 0.752. The second-order valence-electron chi connectivity index (χ2n) is 3.95. The molecule has 1 heterocycles. The zero-order chi connectivity index (χ0) is 10.3. The largest absolute Gasteiger partial charge is 0.380 e. The van der Waals surface area contributed by atoms with Gasteiger partial charge in [-0.2, -0.15) is 0 Å². The number of nitrogen functional groups attached to an aromatic ring is 1. The van der Waals surface area contributed by atoms with E-state index in [-0.39, 0.29) is 0 Å². The van der Waals surface area contributed by atoms with E-state index in [4.69, 9.17) is 10.3 Å². The number of nitrogens with two attached hydrogens (primary N) is 1. The molecule has 0 aliphatic heterocycles. The highest BCUT2D eigenvalue weighted by molar-refractivity contribution is 5.90. The lowest BCUT2D eigenvalue weighted by Crippen LogP contribution is -1.90. The van der Waals surface area contributed by atoms with E-state index in [0.29, 0.717) is 11.7 Å². The molecule has 14 heavy (non-hydrogen) atoms. The van der Waals surface area contributed by atoms with E-state index in [1.165, 1.54) is 11.1 Å². The molecule has 0 unspecified atom stereocenters. The van der Waals surface area contributed by atoms with E-state index in [1.54, 1.807) is 0 Å². The van der Waals surface area contributed by atoms with E-state index in [2.05, 4.69) is 32.0 Å². The topological polar surface area (TPSA) is 52.0 Å². The Balaban J connectivity index is 2.82. The third-order valence-corrected chi connectivity index (χ3v) is 2.40. The van der Waals surface area contributed by atoms with Gasteiger partial charge in [0, 0.05) is 5.56 Å². The maximum Gasteiger partial charge on any atom is 0.174 e. The summed E-state index contributed by atoms with van der Waals surface area (Å²) in [4.78, 5) is 0. The molecule has 0 fully saturated rings. The molecule has 1 aromatic heterocycles. The average Bonchev–Trinajstić information content (AvgIpc) is 2.47. The van der Waals surface area contributed by atoms with Gasteiger partial charge in [0.1, 0.15) is 0 Å². The third-order valence-electron chi connectivity index (χ3n) is 2.40. The molecule has 1 aromatic carbocycles. The highest BCUT2D eigenvalue weighted by atomic mass is 16.5. The Labute approximate surface area is 82.9 Å². The zero-order valence-electron chi connectivity index (χ0n) is 8.66. The van der Waals surface area contributed by atoms with Gasteiger partial charge in [-0.25, -0.2) is 0 Å². The van der Waals surface area contributed by atoms with E-state index in [9.17, 15) is 0 Å². The van der Waals surface area contributed by atoms with Gasteiger partial charge in [-0.15, -0.1) is 0 Å². The van der Waals surface area contributed by atoms with E-state index in [0.717, 1.165) is 11.0 Å². The van der Waals surface area contributed by atoms with Crippen molar-refractivity contribution in [3.05, 3.63) is 23.3 Å². The summed E-state index contributed by atoms with van der Waals surface area (Å²) >= 11 is 0. The van der Waals surface area contributed by atoms with Gasteiger partial charge in [0.2, 0.25) is 0 Å². The van der Waals surface area contributed by atoms with Gasteiger partial charge >= 0.3 is 0 Å². The summed E-state index contributed by atoms with van der Waals surface area (Å²) in [5.74, 6) is 0.898. The normalized spacial score (nSPS) is 11.4. The summed E-state index contributed by atoms with van der Waals surface area (Å²) in [5, 5.41) is 4.71. The summed E-state index contributed by atoms with van der Waals surface area (Å²) < 4.78 is 5.22. The van der Waals surface area contributed by atoms with Crippen LogP contribution in [0.4, 0.5) is 5.82 Å². The smallest absolute Gasteiger partial charge is 0.174 e. The molecule has 3 nitrogen and oxygen atoms in total. The lowest BCUT2D eigenvalue weighted by atomic mass is 9.99. The maximum absolute atomic E-state index is 5.71. The first kappa shape index (κ1) is 9.06. The molecule has 2 N–H and O–H groups in total. The van der Waals surface area contributed by atoms with Gasteiger partial charge in [-0.1, -0.05) is 25.1 Å². The zero-order valence-corrected chi connectivity index (χ0v) is 8.66. The number of benzene rings is 1. The molecule has 0 amide bonds. The number of fused-ring (bicyclic) bond motifs is 1. The van der Waals surface area contributed by atoms with Crippen LogP contribution in [0.15, 0.2) is 16.7 Å². The van der Waals surface area contributed by atoms with Crippen molar-refractivity contribution < 1.29 is 4.52 Å². The van der Waals surface area contributed by atoms with Gasteiger partial charge in [0.05, 0.1) is 5.39 Å². The number of aryl methyl sites for hydroxylation is 1. The Morgan fingerprint density at radius 3 is 2.71 bits per heavy atom. The molecule has 0 saturated heterocycles. The van der Waals surface area contributed by atoms with Gasteiger partial charge in [-0.3, -0.25) is 0 Å². The van der Waals surface area contributed by atoms with E-state index in [1.807, 2.05) is 6.07 Å². The van der Waals surface area contributed by atoms with Crippen molar-refractivity contribution in [3.63, 3.8) is 0 Å². The molecule has 2 aromatic rings. The molecular formula is C11H14N2O. The minimum Gasteiger partial charge on any atom is -0.380 e. The van der Waals surface area contributed by atoms with E-state index >= 15 is 0 Å². The van der Waals surface area contributed by atoms with Crippen molar-refractivity contribution in [2.45, 2.75) is 26.7 Å². The minimum absolute atomic E-state index is 0.421. The van der Waals surface area contributed by atoms with Crippen LogP contribution in [0, 0.1) is 6.92 Å². The van der Waals surface area contributed by atoms with Gasteiger partial charge in [-0.05, 0) is 24.5 Å². The Morgan fingerprint density at radius 1 is 1.36 bits per heavy atom. The van der Waals surface area contributed by atoms with Crippen LogP contribution in [0.2, 0.25) is 0 Å². The van der Waals surface area contributed by atoms with Crippen LogP contribution in [0.25, 0.3) is 11.0 Å². The second kappa shape index (κ2) is 3.01. The summed E-state index contributed by atoms with van der Waals surface area (Å²) in [6.45, 7) is 6.32. The molecular weight excluding hydrogens is 176 g/mol. The Bertz CT molecular complexity index is 471. The molecule has 0 spiro atoms. The highest BCUT2D eigenvalue weighted by Gasteiger charge is 2.12. The fourth-order valence-electron chi connectivity index (χ4n) is 1.67. The van der Waals surface area contributed by atoms with Crippen molar-refractivity contribution in [2.24, 2.45) is 0 Å². The lowest BCUT2D eigenvalue weighted by molar-refractivity contribution is 0.457. The fourth-order valence-corrected chi connectivity index (χ4v) is 1.67. The predicted octanol–water partition coefficient (Wildman–Crippen LogP) is 2.84. The van der Waals surface area contributed by atoms with Crippen molar-refractivity contribution in [3.8, 4) is 0 Å². The molecule has 2 rings (SSSR count). The lowest BCUT2D eigenvalue weighted by Gasteiger charge is -2.06. The van der Waals surface area contributed by atoms with Crippen LogP contribution >= 0.6 is 0 Å². The Morgan fingerprint density at radius 2 is 2.07 bits per heavy atom. The number of aromatic nitrogens is 1. The number of nitrogens with zero attached hydrogens (tertiary/aromatic N) is 1. The van der Waals surface area contributed by atoms with Crippen LogP contribution in [0.3, 0.4) is 0 Å². The average molecular weight is 190 g/mol. The molecule has 0 radical (unpaired) electrons. The van der Waals surface area contributed by atoms with Crippen LogP contribution < -0.4 is 5.73 Å². The SMILES string of the molecule is Cc1cc(C(C)C)c2onc(N)c2c1. The number of hydrogen-bond donors (Lipinski definition) is 1. The summed E-state index contributed by atoms with van der Waals surface area (Å²) in [7, 11) is 0. The number of anilines is 1. The van der Waals surface area contributed by atoms with Gasteiger partial charge in [0.25, 0.3) is 0 Å². The summed E-state index contributed by atoms with van der Waals surface area (Å²) in [5.41, 5.74) is 8.89. The summed E-state index contributed by atoms with van der Waals surface area (Å²) in [6.07, 6.45) is 0. The Hall–Kier alpha value is -1.51. The Kier molecular flexibility index (Phi) is 1.95. The molecule has 0 saturated carbocycles. The molecule has 3 heteroatoms. The molecule has 0 aliphatic rings. The first-order valence-corrected chi connectivity index (χ1v) is 4.75.